The molecular weight excluding hydrogens is 2020 g/mol. The smallest absolute Gasteiger partial charge is 0.706 e. The van der Waals surface area contributed by atoms with Crippen molar-refractivity contribution in [2.24, 2.45) is 178 Å². The van der Waals surface area contributed by atoms with E-state index in [2.05, 4.69) is 239 Å². The predicted octanol–water partition coefficient (Wildman–Crippen LogP) is 26.5. The third kappa shape index (κ3) is 24.4. The molecule has 6 aliphatic carbocycles. The van der Waals surface area contributed by atoms with Crippen LogP contribution in [0.3, 0.4) is 0 Å². The minimum absolute atomic E-state index is 0. The largest absolute Gasteiger partial charge is 4.00 e. The molecule has 3 aromatic heterocycles. The SMILES string of the molecule is CC1C(C)C(C)C(C)C1C.CC1C(C)C(C)C(C)C1C.CC1C(C)C(C)C(C)C1C.CC1C(C)C(C)C(C)C1C.CC1C(C)C(C)C(C)C1C.CC1C(C)C(C)C(C)C1C.C[N-]c1[n-]c(C)c2cc(C#N)c(C#N)cc12.C[N-]c1[n-]c(C)c2cc(C#N)c(C#N)cc12.C[N-]c1[n-]c(C)c2cc(C#N)c(C#N)cc12.[Th+4].[Th+4].[Th+4]. The number of nitriles is 6. The Labute approximate surface area is 773 Å². The van der Waals surface area contributed by atoms with Gasteiger partial charge in [0, 0.05) is 0 Å². The number of rotatable bonds is 3. The molecular formula is C96H144N12Th3+6. The zero-order valence-corrected chi connectivity index (χ0v) is 88.0. The first-order valence-electron chi connectivity index (χ1n) is 41.5. The molecule has 0 amide bonds. The Morgan fingerprint density at radius 2 is 0.288 bits per heavy atom. The van der Waals surface area contributed by atoms with E-state index in [1.165, 1.54) is 0 Å². The third-order valence-corrected chi connectivity index (χ3v) is 32.4. The molecule has 15 heteroatoms. The molecule has 0 N–H and O–H groups in total. The summed E-state index contributed by atoms with van der Waals surface area (Å²) in [5.74, 6) is 29.9. The van der Waals surface area contributed by atoms with E-state index in [0.29, 0.717) is 50.8 Å². The molecule has 12 nitrogen and oxygen atoms in total. The first kappa shape index (κ1) is 106. The molecule has 3 heterocycles. The molecule has 0 spiro atoms. The summed E-state index contributed by atoms with van der Waals surface area (Å²) >= 11 is 0. The summed E-state index contributed by atoms with van der Waals surface area (Å²) < 4.78 is 0. The van der Waals surface area contributed by atoms with Crippen LogP contribution in [0.1, 0.15) is 258 Å². The minimum atomic E-state index is 0. The maximum atomic E-state index is 8.93. The Morgan fingerprint density at radius 3 is 0.369 bits per heavy atom. The number of fused-ring (bicyclic) bond motifs is 3. The number of nitrogens with zero attached hydrogens (tertiary/aromatic N) is 12. The summed E-state index contributed by atoms with van der Waals surface area (Å²) in [7, 11) is 4.97. The summed E-state index contributed by atoms with van der Waals surface area (Å²) in [4.78, 5) is 12.8. The summed E-state index contributed by atoms with van der Waals surface area (Å²) in [6.07, 6.45) is 0. The van der Waals surface area contributed by atoms with Crippen LogP contribution in [0.5, 0.6) is 0 Å². The van der Waals surface area contributed by atoms with Crippen molar-refractivity contribution >= 4 is 49.8 Å². The van der Waals surface area contributed by atoms with Gasteiger partial charge in [0.25, 0.3) is 0 Å². The molecule has 0 saturated heterocycles. The molecule has 594 valence electrons. The Bertz CT molecular complexity index is 3380. The van der Waals surface area contributed by atoms with Gasteiger partial charge < -0.3 is 30.9 Å². The molecule has 111 heavy (non-hydrogen) atoms. The molecule has 0 unspecified atom stereocenters. The summed E-state index contributed by atoms with van der Waals surface area (Å²) in [6.45, 7) is 77.5. The van der Waals surface area contributed by atoms with Crippen molar-refractivity contribution in [3.63, 3.8) is 0 Å². The van der Waals surface area contributed by atoms with E-state index in [0.717, 1.165) is 227 Å². The van der Waals surface area contributed by atoms with Crippen LogP contribution < -0.4 is 15.0 Å². The Hall–Kier alpha value is -3.41. The fourth-order valence-electron chi connectivity index (χ4n) is 19.5. The molecule has 6 aliphatic rings. The van der Waals surface area contributed by atoms with Gasteiger partial charge in [-0.25, -0.2) is 0 Å². The Kier molecular flexibility index (Phi) is 45.0. The van der Waals surface area contributed by atoms with Gasteiger partial charge in [-0.2, -0.15) is 48.7 Å². The van der Waals surface area contributed by atoms with Crippen LogP contribution in [0.2, 0.25) is 0 Å². The second-order valence-corrected chi connectivity index (χ2v) is 36.0. The maximum absolute atomic E-state index is 8.93. The number of aryl methyl sites for hydroxylation is 3. The standard InChI is InChI=1S/3C12H8N4.6C10H20.3Th/c3*1-7-10-3-8(5-13)9(6-14)4-11(10)12(15-2)16-7;6*1-6-7(2)9(4)10(5)8(6)3;;;/h3*3-4H,1-2H3;6*6-10H,1-5H3;;;/q3*-2;;;;;;;3*+4. The van der Waals surface area contributed by atoms with Crippen LogP contribution in [0.15, 0.2) is 36.4 Å². The van der Waals surface area contributed by atoms with E-state index in [1.54, 1.807) is 57.5 Å². The van der Waals surface area contributed by atoms with Gasteiger partial charge in [-0.05, 0) is 230 Å². The van der Waals surface area contributed by atoms with E-state index in [-0.39, 0.29) is 120 Å². The average molecular weight is 2160 g/mol. The zero-order chi connectivity index (χ0) is 82.4. The first-order valence-corrected chi connectivity index (χ1v) is 41.5. The van der Waals surface area contributed by atoms with Crippen molar-refractivity contribution in [1.29, 1.82) is 31.6 Å². The number of benzene rings is 3. The minimum Gasteiger partial charge on any atom is -0.706 e. The average Bonchev–Trinajstić information content (AvgIpc) is 1.66. The van der Waals surface area contributed by atoms with Crippen molar-refractivity contribution in [3.05, 3.63) is 103 Å². The van der Waals surface area contributed by atoms with Crippen molar-refractivity contribution in [3.8, 4) is 36.4 Å². The molecule has 6 aromatic rings. The van der Waals surface area contributed by atoms with E-state index >= 15 is 0 Å². The van der Waals surface area contributed by atoms with Crippen molar-refractivity contribution in [2.75, 3.05) is 21.1 Å². The van der Waals surface area contributed by atoms with Gasteiger partial charge >= 0.3 is 120 Å². The number of hydrogen-bond donors (Lipinski definition) is 0. The van der Waals surface area contributed by atoms with E-state index in [1.807, 2.05) is 57.2 Å². The van der Waals surface area contributed by atoms with Crippen LogP contribution in [0, 0.1) is 386 Å². The molecule has 0 atom stereocenters. The molecule has 0 radical (unpaired) electrons. The van der Waals surface area contributed by atoms with Crippen LogP contribution in [-0.2, 0) is 0 Å². The van der Waals surface area contributed by atoms with Gasteiger partial charge in [-0.1, -0.05) is 245 Å². The molecule has 12 rings (SSSR count). The predicted molar refractivity (Wildman–Crippen MR) is 456 cm³/mol. The normalized spacial score (nSPS) is 34.2. The molecule has 6 fully saturated rings. The molecule has 3 aromatic carbocycles. The monoisotopic (exact) mass is 2160 g/mol. The third-order valence-electron chi connectivity index (χ3n) is 32.4. The number of hydrogen-bond acceptors (Lipinski definition) is 6. The molecule has 6 saturated carbocycles. The van der Waals surface area contributed by atoms with Crippen LogP contribution in [0.4, 0.5) is 17.5 Å². The van der Waals surface area contributed by atoms with E-state index in [9.17, 15) is 0 Å². The van der Waals surface area contributed by atoms with Crippen molar-refractivity contribution in [2.45, 2.75) is 228 Å². The van der Waals surface area contributed by atoms with Gasteiger partial charge in [0.2, 0.25) is 0 Å². The second-order valence-electron chi connectivity index (χ2n) is 36.0. The van der Waals surface area contributed by atoms with E-state index in [4.69, 9.17) is 31.6 Å². The van der Waals surface area contributed by atoms with Crippen LogP contribution in [-0.4, -0.2) is 21.1 Å². The quantitative estimate of drug-likeness (QED) is 0.164. The Balaban J connectivity index is 0.000000628. The summed E-state index contributed by atoms with van der Waals surface area (Å²) in [5, 5.41) is 70.8. The number of aromatic nitrogens is 3. The zero-order valence-electron chi connectivity index (χ0n) is 75.7. The van der Waals surface area contributed by atoms with Gasteiger partial charge in [-0.15, -0.1) is 21.1 Å². The van der Waals surface area contributed by atoms with E-state index < -0.39 is 0 Å². The van der Waals surface area contributed by atoms with Crippen LogP contribution in [0.25, 0.3) is 48.3 Å². The van der Waals surface area contributed by atoms with Crippen molar-refractivity contribution < 1.29 is 120 Å². The van der Waals surface area contributed by atoms with Gasteiger partial charge in [0.15, 0.2) is 0 Å². The molecule has 0 aliphatic heterocycles. The molecule has 0 bridgehead atoms. The summed E-state index contributed by atoms with van der Waals surface area (Å²) in [5.41, 5.74) is 4.74. The van der Waals surface area contributed by atoms with Gasteiger partial charge in [0.1, 0.15) is 36.4 Å². The first-order chi connectivity index (χ1) is 50.4. The van der Waals surface area contributed by atoms with Gasteiger partial charge in [0.05, 0.1) is 33.4 Å². The maximum Gasteiger partial charge on any atom is 4.00 e. The van der Waals surface area contributed by atoms with Crippen molar-refractivity contribution in [1.82, 2.24) is 15.0 Å². The topological polar surface area (TPSA) is 227 Å². The summed E-state index contributed by atoms with van der Waals surface area (Å²) in [6, 6.07) is 22.2. The fourth-order valence-corrected chi connectivity index (χ4v) is 19.5. The second kappa shape index (κ2) is 47.3. The fraction of sp³-hybridized carbons (Fsp3) is 0.688. The van der Waals surface area contributed by atoms with Gasteiger partial charge in [-0.3, -0.25) is 17.5 Å². The van der Waals surface area contributed by atoms with Crippen LogP contribution >= 0.6 is 0 Å². The Morgan fingerprint density at radius 1 is 0.198 bits per heavy atom.